The van der Waals surface area contributed by atoms with Crippen LogP contribution in [0.5, 0.6) is 5.75 Å². The van der Waals surface area contributed by atoms with Gasteiger partial charge in [-0.1, -0.05) is 24.4 Å². The van der Waals surface area contributed by atoms with Crippen LogP contribution in [0.15, 0.2) is 48.5 Å². The van der Waals surface area contributed by atoms with Crippen molar-refractivity contribution in [2.24, 2.45) is 5.73 Å². The van der Waals surface area contributed by atoms with Gasteiger partial charge in [-0.25, -0.2) is 4.39 Å². The molecule has 0 radical (unpaired) electrons. The molecule has 2 aromatic carbocycles. The normalized spacial score (nSPS) is 10.2. The molecule has 5 heteroatoms. The van der Waals surface area contributed by atoms with Gasteiger partial charge in [-0.15, -0.1) is 0 Å². The Morgan fingerprint density at radius 1 is 1.19 bits per heavy atom. The fourth-order valence-electron chi connectivity index (χ4n) is 1.91. The molecule has 110 valence electrons. The second-order valence-electron chi connectivity index (χ2n) is 4.61. The van der Waals surface area contributed by atoms with E-state index in [-0.39, 0.29) is 5.82 Å². The third-order valence-corrected chi connectivity index (χ3v) is 3.32. The second kappa shape index (κ2) is 7.04. The molecular weight excluding hydrogens is 287 g/mol. The third kappa shape index (κ3) is 4.16. The van der Waals surface area contributed by atoms with E-state index in [0.29, 0.717) is 23.9 Å². The lowest BCUT2D eigenvalue weighted by atomic mass is 10.2. The van der Waals surface area contributed by atoms with Crippen molar-refractivity contribution in [1.29, 1.82) is 0 Å². The Morgan fingerprint density at radius 3 is 2.52 bits per heavy atom. The first-order valence-electron chi connectivity index (χ1n) is 6.56. The quantitative estimate of drug-likeness (QED) is 0.833. The van der Waals surface area contributed by atoms with E-state index in [9.17, 15) is 4.39 Å². The van der Waals surface area contributed by atoms with E-state index in [1.165, 1.54) is 12.1 Å². The number of hydrogen-bond donors (Lipinski definition) is 1. The predicted octanol–water partition coefficient (Wildman–Crippen LogP) is 2.98. The molecule has 3 nitrogen and oxygen atoms in total. The van der Waals surface area contributed by atoms with Gasteiger partial charge in [-0.3, -0.25) is 0 Å². The van der Waals surface area contributed by atoms with Crippen molar-refractivity contribution in [2.45, 2.75) is 0 Å². The number of benzene rings is 2. The molecular formula is C16H17FN2OS. The zero-order chi connectivity index (χ0) is 15.2. The summed E-state index contributed by atoms with van der Waals surface area (Å²) in [6, 6.07) is 13.8. The highest BCUT2D eigenvalue weighted by atomic mass is 32.1. The molecule has 0 aromatic heterocycles. The first-order valence-corrected chi connectivity index (χ1v) is 6.97. The largest absolute Gasteiger partial charge is 0.491 e. The standard InChI is InChI=1S/C16H17FN2OS/c1-19(13-8-6-12(17)7-9-13)10-11-20-15-5-3-2-4-14(15)16(18)21/h2-9H,10-11H2,1H3,(H2,18,21). The van der Waals surface area contributed by atoms with Crippen LogP contribution in [0.25, 0.3) is 0 Å². The summed E-state index contributed by atoms with van der Waals surface area (Å²) in [6.45, 7) is 1.14. The Bertz CT molecular complexity index is 616. The zero-order valence-corrected chi connectivity index (χ0v) is 12.6. The van der Waals surface area contributed by atoms with E-state index < -0.39 is 0 Å². The Morgan fingerprint density at radius 2 is 1.86 bits per heavy atom. The molecule has 0 fully saturated rings. The van der Waals surface area contributed by atoms with Gasteiger partial charge < -0.3 is 15.4 Å². The van der Waals surface area contributed by atoms with Crippen molar-refractivity contribution >= 4 is 22.9 Å². The van der Waals surface area contributed by atoms with Gasteiger partial charge in [0.1, 0.15) is 23.2 Å². The van der Waals surface area contributed by atoms with E-state index in [0.717, 1.165) is 11.3 Å². The van der Waals surface area contributed by atoms with Gasteiger partial charge in [0.05, 0.1) is 12.1 Å². The van der Waals surface area contributed by atoms with Crippen LogP contribution in [-0.4, -0.2) is 25.2 Å². The van der Waals surface area contributed by atoms with Crippen LogP contribution < -0.4 is 15.4 Å². The Balaban J connectivity index is 1.92. The molecule has 2 rings (SSSR count). The third-order valence-electron chi connectivity index (χ3n) is 3.10. The van der Waals surface area contributed by atoms with Gasteiger partial charge in [-0.2, -0.15) is 0 Å². The van der Waals surface area contributed by atoms with Gasteiger partial charge in [0.15, 0.2) is 0 Å². The average Bonchev–Trinajstić information content (AvgIpc) is 2.48. The summed E-state index contributed by atoms with van der Waals surface area (Å²) in [4.78, 5) is 2.31. The molecule has 0 unspecified atom stereocenters. The molecule has 0 atom stereocenters. The smallest absolute Gasteiger partial charge is 0.129 e. The minimum atomic E-state index is -0.242. The lowest BCUT2D eigenvalue weighted by Crippen LogP contribution is -2.24. The van der Waals surface area contributed by atoms with Gasteiger partial charge in [-0.05, 0) is 36.4 Å². The molecule has 0 saturated heterocycles. The highest BCUT2D eigenvalue weighted by Gasteiger charge is 2.06. The van der Waals surface area contributed by atoms with E-state index in [1.54, 1.807) is 12.1 Å². The summed E-state index contributed by atoms with van der Waals surface area (Å²) in [5.41, 5.74) is 7.32. The number of rotatable bonds is 6. The highest BCUT2D eigenvalue weighted by molar-refractivity contribution is 7.80. The monoisotopic (exact) mass is 304 g/mol. The number of nitrogens with zero attached hydrogens (tertiary/aromatic N) is 1. The van der Waals surface area contributed by atoms with Crippen LogP contribution in [0.4, 0.5) is 10.1 Å². The van der Waals surface area contributed by atoms with Gasteiger partial charge in [0.25, 0.3) is 0 Å². The molecule has 0 heterocycles. The molecule has 2 N–H and O–H groups in total. The summed E-state index contributed by atoms with van der Waals surface area (Å²) in [6.07, 6.45) is 0. The van der Waals surface area contributed by atoms with Crippen molar-refractivity contribution in [3.05, 3.63) is 59.9 Å². The van der Waals surface area contributed by atoms with Crippen molar-refractivity contribution in [2.75, 3.05) is 25.1 Å². The summed E-state index contributed by atoms with van der Waals surface area (Å²) in [5, 5.41) is 0. The maximum absolute atomic E-state index is 12.9. The molecule has 0 spiro atoms. The van der Waals surface area contributed by atoms with Crippen molar-refractivity contribution in [1.82, 2.24) is 0 Å². The van der Waals surface area contributed by atoms with Gasteiger partial charge >= 0.3 is 0 Å². The highest BCUT2D eigenvalue weighted by Crippen LogP contribution is 2.18. The fraction of sp³-hybridized carbons (Fsp3) is 0.188. The minimum Gasteiger partial charge on any atom is -0.491 e. The number of halogens is 1. The van der Waals surface area contributed by atoms with Gasteiger partial charge in [0.2, 0.25) is 0 Å². The molecule has 0 saturated carbocycles. The first-order chi connectivity index (χ1) is 10.1. The SMILES string of the molecule is CN(CCOc1ccccc1C(N)=S)c1ccc(F)cc1. The van der Waals surface area contributed by atoms with Crippen LogP contribution in [0, 0.1) is 5.82 Å². The van der Waals surface area contributed by atoms with Crippen LogP contribution in [0.3, 0.4) is 0 Å². The Labute approximate surface area is 129 Å². The summed E-state index contributed by atoms with van der Waals surface area (Å²) in [5.74, 6) is 0.436. The number of anilines is 1. The average molecular weight is 304 g/mol. The van der Waals surface area contributed by atoms with Crippen molar-refractivity contribution in [3.63, 3.8) is 0 Å². The number of ether oxygens (including phenoxy) is 1. The van der Waals surface area contributed by atoms with Crippen LogP contribution in [-0.2, 0) is 0 Å². The molecule has 0 aliphatic rings. The fourth-order valence-corrected chi connectivity index (χ4v) is 2.08. The Kier molecular flexibility index (Phi) is 5.11. The zero-order valence-electron chi connectivity index (χ0n) is 11.8. The lowest BCUT2D eigenvalue weighted by Gasteiger charge is -2.20. The molecule has 0 aliphatic carbocycles. The van der Waals surface area contributed by atoms with E-state index in [2.05, 4.69) is 0 Å². The van der Waals surface area contributed by atoms with Crippen LogP contribution in [0.1, 0.15) is 5.56 Å². The summed E-state index contributed by atoms with van der Waals surface area (Å²) < 4.78 is 18.6. The van der Waals surface area contributed by atoms with Crippen molar-refractivity contribution < 1.29 is 9.13 Å². The summed E-state index contributed by atoms with van der Waals surface area (Å²) in [7, 11) is 1.93. The number of nitrogens with two attached hydrogens (primary N) is 1. The molecule has 21 heavy (non-hydrogen) atoms. The predicted molar refractivity (Wildman–Crippen MR) is 87.5 cm³/mol. The topological polar surface area (TPSA) is 38.5 Å². The molecule has 0 aliphatic heterocycles. The molecule has 2 aromatic rings. The maximum Gasteiger partial charge on any atom is 0.129 e. The van der Waals surface area contributed by atoms with Gasteiger partial charge in [0, 0.05) is 12.7 Å². The second-order valence-corrected chi connectivity index (χ2v) is 5.05. The molecule has 0 bridgehead atoms. The minimum absolute atomic E-state index is 0.242. The van der Waals surface area contributed by atoms with E-state index in [1.807, 2.05) is 36.2 Å². The lowest BCUT2D eigenvalue weighted by molar-refractivity contribution is 0.325. The van der Waals surface area contributed by atoms with Crippen LogP contribution >= 0.6 is 12.2 Å². The first kappa shape index (κ1) is 15.3. The number of hydrogen-bond acceptors (Lipinski definition) is 3. The summed E-state index contributed by atoms with van der Waals surface area (Å²) >= 11 is 4.99. The van der Waals surface area contributed by atoms with E-state index in [4.69, 9.17) is 22.7 Å². The molecule has 0 amide bonds. The van der Waals surface area contributed by atoms with Crippen molar-refractivity contribution in [3.8, 4) is 5.75 Å². The number of thiocarbonyl (C=S) groups is 1. The van der Waals surface area contributed by atoms with E-state index >= 15 is 0 Å². The number of likely N-dealkylation sites (N-methyl/N-ethyl adjacent to an activating group) is 1. The number of para-hydroxylation sites is 1. The maximum atomic E-state index is 12.9. The Hall–Kier alpha value is -2.14. The van der Waals surface area contributed by atoms with Crippen LogP contribution in [0.2, 0.25) is 0 Å².